The minimum absolute atomic E-state index is 0.196. The van der Waals surface area contributed by atoms with Crippen LogP contribution in [0.4, 0.5) is 0 Å². The van der Waals surface area contributed by atoms with E-state index in [2.05, 4.69) is 32.0 Å². The first-order chi connectivity index (χ1) is 8.34. The lowest BCUT2D eigenvalue weighted by molar-refractivity contribution is 0.128. The molecule has 0 spiro atoms. The lowest BCUT2D eigenvalue weighted by Gasteiger charge is -2.25. The summed E-state index contributed by atoms with van der Waals surface area (Å²) in [5.41, 5.74) is 0. The molecule has 1 unspecified atom stereocenters. The molecule has 17 heavy (non-hydrogen) atoms. The number of aromatic nitrogens is 3. The largest absolute Gasteiger partial charge is 0.379 e. The third kappa shape index (κ3) is 2.20. The molecule has 0 radical (unpaired) electrons. The minimum Gasteiger partial charge on any atom is -0.379 e. The summed E-state index contributed by atoms with van der Waals surface area (Å²) in [6.45, 7) is 5.46. The first-order valence-corrected chi connectivity index (χ1v) is 6.26. The van der Waals surface area contributed by atoms with E-state index in [1.54, 1.807) is 0 Å². The molecule has 3 heterocycles. The van der Waals surface area contributed by atoms with E-state index in [1.165, 1.54) is 0 Å². The number of nitrogens with zero attached hydrogens (tertiary/aromatic N) is 4. The molecule has 2 aliphatic rings. The first-order valence-electron chi connectivity index (χ1n) is 6.26. The molecule has 1 aromatic rings. The fraction of sp³-hybridized carbons (Fsp3) is 0.818. The third-order valence-electron chi connectivity index (χ3n) is 3.43. The van der Waals surface area contributed by atoms with Crippen LogP contribution in [0.15, 0.2) is 0 Å². The van der Waals surface area contributed by atoms with Gasteiger partial charge in [0, 0.05) is 19.7 Å². The summed E-state index contributed by atoms with van der Waals surface area (Å²) in [5, 5.41) is 12.1. The molecule has 1 saturated heterocycles. The predicted octanol–water partition coefficient (Wildman–Crippen LogP) is -0.225. The van der Waals surface area contributed by atoms with Crippen LogP contribution >= 0.6 is 0 Å². The highest BCUT2D eigenvalue weighted by Gasteiger charge is 2.25. The van der Waals surface area contributed by atoms with E-state index < -0.39 is 0 Å². The molecule has 0 aliphatic carbocycles. The van der Waals surface area contributed by atoms with E-state index in [9.17, 15) is 0 Å². The molecule has 1 aromatic heterocycles. The summed E-state index contributed by atoms with van der Waals surface area (Å²) < 4.78 is 7.83. The average molecular weight is 237 g/mol. The number of ether oxygens (including phenoxy) is 1. The van der Waals surface area contributed by atoms with Crippen LogP contribution in [0, 0.1) is 0 Å². The van der Waals surface area contributed by atoms with E-state index in [-0.39, 0.29) is 6.04 Å². The van der Waals surface area contributed by atoms with Crippen molar-refractivity contribution in [3.05, 3.63) is 11.6 Å². The Labute approximate surface area is 101 Å². The van der Waals surface area contributed by atoms with Crippen LogP contribution in [0.1, 0.15) is 24.1 Å². The van der Waals surface area contributed by atoms with E-state index >= 15 is 0 Å². The molecular formula is C11H19N5O. The quantitative estimate of drug-likeness (QED) is 0.731. The maximum Gasteiger partial charge on any atom is 0.152 e. The van der Waals surface area contributed by atoms with Crippen molar-refractivity contribution < 1.29 is 4.74 Å². The second kappa shape index (κ2) is 4.72. The van der Waals surface area contributed by atoms with Crippen molar-refractivity contribution in [2.45, 2.75) is 25.6 Å². The number of likely N-dealkylation sites (N-methyl/N-ethyl adjacent to an activating group) is 1. The van der Waals surface area contributed by atoms with Crippen LogP contribution in [0.3, 0.4) is 0 Å². The highest BCUT2D eigenvalue weighted by atomic mass is 16.5. The van der Waals surface area contributed by atoms with Gasteiger partial charge in [-0.05, 0) is 20.0 Å². The lowest BCUT2D eigenvalue weighted by Crippen LogP contribution is -2.33. The van der Waals surface area contributed by atoms with Crippen molar-refractivity contribution in [1.29, 1.82) is 0 Å². The van der Waals surface area contributed by atoms with Crippen LogP contribution in [0.5, 0.6) is 0 Å². The number of hydrogen-bond acceptors (Lipinski definition) is 5. The first kappa shape index (κ1) is 11.1. The Hall–Kier alpha value is -0.980. The Morgan fingerprint density at radius 2 is 2.29 bits per heavy atom. The number of hydrogen-bond donors (Lipinski definition) is 1. The number of fused-ring (bicyclic) bond motifs is 1. The van der Waals surface area contributed by atoms with Gasteiger partial charge in [-0.3, -0.25) is 4.90 Å². The molecule has 0 amide bonds. The summed E-state index contributed by atoms with van der Waals surface area (Å²) in [6, 6.07) is 0.196. The van der Waals surface area contributed by atoms with Gasteiger partial charge in [-0.2, -0.15) is 0 Å². The molecular weight excluding hydrogens is 218 g/mol. The Morgan fingerprint density at radius 1 is 1.35 bits per heavy atom. The zero-order valence-corrected chi connectivity index (χ0v) is 10.2. The summed E-state index contributed by atoms with van der Waals surface area (Å²) in [4.78, 5) is 2.27. The average Bonchev–Trinajstić information content (AvgIpc) is 2.57. The maximum absolute atomic E-state index is 5.59. The van der Waals surface area contributed by atoms with Gasteiger partial charge in [0.05, 0.1) is 19.2 Å². The summed E-state index contributed by atoms with van der Waals surface area (Å²) in [6.07, 6.45) is 1.07. The summed E-state index contributed by atoms with van der Waals surface area (Å²) in [7, 11) is 2.12. The zero-order chi connectivity index (χ0) is 11.7. The second-order valence-corrected chi connectivity index (χ2v) is 4.80. The van der Waals surface area contributed by atoms with Gasteiger partial charge in [0.2, 0.25) is 0 Å². The van der Waals surface area contributed by atoms with Crippen molar-refractivity contribution in [2.75, 3.05) is 33.4 Å². The smallest absolute Gasteiger partial charge is 0.152 e. The zero-order valence-electron chi connectivity index (χ0n) is 10.2. The van der Waals surface area contributed by atoms with Gasteiger partial charge in [0.15, 0.2) is 5.82 Å². The van der Waals surface area contributed by atoms with Gasteiger partial charge in [-0.25, -0.2) is 0 Å². The van der Waals surface area contributed by atoms with Gasteiger partial charge in [-0.1, -0.05) is 0 Å². The van der Waals surface area contributed by atoms with Gasteiger partial charge >= 0.3 is 0 Å². The topological polar surface area (TPSA) is 55.2 Å². The standard InChI is InChI=1S/C11H19N5O/c1-15-4-5-16-10(7-15)13-14-11(16)9-8-17-6-2-3-12-9/h9,12H,2-8H2,1H3. The van der Waals surface area contributed by atoms with E-state index in [0.29, 0.717) is 6.61 Å². The monoisotopic (exact) mass is 237 g/mol. The van der Waals surface area contributed by atoms with Crippen LogP contribution in [-0.4, -0.2) is 53.0 Å². The fourth-order valence-corrected chi connectivity index (χ4v) is 2.44. The Kier molecular flexibility index (Phi) is 3.09. The molecule has 6 nitrogen and oxygen atoms in total. The van der Waals surface area contributed by atoms with E-state index in [1.807, 2.05) is 0 Å². The van der Waals surface area contributed by atoms with E-state index in [0.717, 1.165) is 50.9 Å². The Morgan fingerprint density at radius 3 is 3.24 bits per heavy atom. The Balaban J connectivity index is 1.83. The molecule has 0 aromatic carbocycles. The fourth-order valence-electron chi connectivity index (χ4n) is 2.44. The second-order valence-electron chi connectivity index (χ2n) is 4.80. The molecule has 3 rings (SSSR count). The molecule has 1 N–H and O–H groups in total. The molecule has 0 bridgehead atoms. The number of nitrogens with one attached hydrogen (secondary N) is 1. The molecule has 6 heteroatoms. The van der Waals surface area contributed by atoms with Crippen LogP contribution in [-0.2, 0) is 17.8 Å². The van der Waals surface area contributed by atoms with Crippen molar-refractivity contribution in [3.63, 3.8) is 0 Å². The van der Waals surface area contributed by atoms with Crippen molar-refractivity contribution in [1.82, 2.24) is 25.0 Å². The van der Waals surface area contributed by atoms with E-state index in [4.69, 9.17) is 4.74 Å². The van der Waals surface area contributed by atoms with Crippen molar-refractivity contribution >= 4 is 0 Å². The SMILES string of the molecule is CN1CCn2c(nnc2C2COCCCN2)C1. The summed E-state index contributed by atoms with van der Waals surface area (Å²) >= 11 is 0. The molecule has 2 aliphatic heterocycles. The van der Waals surface area contributed by atoms with Gasteiger partial charge in [0.1, 0.15) is 5.82 Å². The predicted molar refractivity (Wildman–Crippen MR) is 62.5 cm³/mol. The highest BCUT2D eigenvalue weighted by Crippen LogP contribution is 2.18. The summed E-state index contributed by atoms with van der Waals surface area (Å²) in [5.74, 6) is 2.11. The number of rotatable bonds is 1. The molecule has 0 saturated carbocycles. The maximum atomic E-state index is 5.59. The van der Waals surface area contributed by atoms with Crippen LogP contribution in [0.25, 0.3) is 0 Å². The lowest BCUT2D eigenvalue weighted by atomic mass is 10.2. The van der Waals surface area contributed by atoms with Crippen molar-refractivity contribution in [3.8, 4) is 0 Å². The minimum atomic E-state index is 0.196. The normalized spacial score (nSPS) is 26.5. The van der Waals surface area contributed by atoms with Crippen LogP contribution < -0.4 is 5.32 Å². The van der Waals surface area contributed by atoms with Gasteiger partial charge in [0.25, 0.3) is 0 Å². The van der Waals surface area contributed by atoms with Gasteiger partial charge in [-0.15, -0.1) is 10.2 Å². The van der Waals surface area contributed by atoms with Gasteiger partial charge < -0.3 is 14.6 Å². The molecule has 1 fully saturated rings. The molecule has 94 valence electrons. The Bertz CT molecular complexity index is 383. The van der Waals surface area contributed by atoms with Crippen molar-refractivity contribution in [2.24, 2.45) is 0 Å². The van der Waals surface area contributed by atoms with Crippen LogP contribution in [0.2, 0.25) is 0 Å². The highest BCUT2D eigenvalue weighted by molar-refractivity contribution is 5.04. The molecule has 1 atom stereocenters. The third-order valence-corrected chi connectivity index (χ3v) is 3.43.